The summed E-state index contributed by atoms with van der Waals surface area (Å²) in [6.45, 7) is 4.75. The van der Waals surface area contributed by atoms with Crippen molar-refractivity contribution in [2.45, 2.75) is 20.0 Å². The van der Waals surface area contributed by atoms with Gasteiger partial charge in [-0.3, -0.25) is 9.67 Å². The summed E-state index contributed by atoms with van der Waals surface area (Å²) in [5, 5.41) is 7.69. The lowest BCUT2D eigenvalue weighted by Gasteiger charge is -2.23. The molecule has 7 heteroatoms. The van der Waals surface area contributed by atoms with Gasteiger partial charge >= 0.3 is 0 Å². The quantitative estimate of drug-likeness (QED) is 0.617. The second kappa shape index (κ2) is 8.19. The van der Waals surface area contributed by atoms with Gasteiger partial charge in [0, 0.05) is 63.0 Å². The van der Waals surface area contributed by atoms with E-state index in [-0.39, 0.29) is 0 Å². The predicted molar refractivity (Wildman–Crippen MR) is 97.3 cm³/mol. The fraction of sp³-hybridized carbons (Fsp3) is 0.500. The molecule has 1 N–H and O–H groups in total. The van der Waals surface area contributed by atoms with Crippen molar-refractivity contribution < 1.29 is 0 Å². The minimum absolute atomic E-state index is 0.462. The zero-order chi connectivity index (χ0) is 16.8. The van der Waals surface area contributed by atoms with Crippen LogP contribution in [0, 0.1) is 5.92 Å². The van der Waals surface area contributed by atoms with Crippen LogP contribution < -0.4 is 5.32 Å². The molecule has 0 bridgehead atoms. The molecule has 23 heavy (non-hydrogen) atoms. The van der Waals surface area contributed by atoms with Crippen LogP contribution >= 0.6 is 15.9 Å². The maximum atomic E-state index is 4.38. The molecule has 0 spiro atoms. The Morgan fingerprint density at radius 1 is 1.52 bits per heavy atom. The second-order valence-corrected chi connectivity index (χ2v) is 6.79. The summed E-state index contributed by atoms with van der Waals surface area (Å²) in [5.74, 6) is 1.36. The number of halogens is 1. The van der Waals surface area contributed by atoms with Crippen LogP contribution in [-0.4, -0.2) is 45.8 Å². The van der Waals surface area contributed by atoms with Crippen molar-refractivity contribution in [3.05, 3.63) is 40.9 Å². The van der Waals surface area contributed by atoms with Crippen molar-refractivity contribution >= 4 is 21.9 Å². The van der Waals surface area contributed by atoms with Crippen LogP contribution in [-0.2, 0) is 20.1 Å². The van der Waals surface area contributed by atoms with Gasteiger partial charge in [-0.05, 0) is 34.0 Å². The van der Waals surface area contributed by atoms with E-state index in [1.807, 2.05) is 30.2 Å². The second-order valence-electron chi connectivity index (χ2n) is 5.88. The highest BCUT2D eigenvalue weighted by Crippen LogP contribution is 2.15. The summed E-state index contributed by atoms with van der Waals surface area (Å²) in [7, 11) is 5.92. The Kier molecular flexibility index (Phi) is 6.27. The van der Waals surface area contributed by atoms with Crippen LogP contribution in [0.5, 0.6) is 0 Å². The predicted octanol–water partition coefficient (Wildman–Crippen LogP) is 2.33. The third kappa shape index (κ3) is 5.13. The van der Waals surface area contributed by atoms with Gasteiger partial charge in [0.25, 0.3) is 0 Å². The van der Waals surface area contributed by atoms with Gasteiger partial charge in [-0.2, -0.15) is 5.10 Å². The number of hydrogen-bond acceptors (Lipinski definition) is 2. The van der Waals surface area contributed by atoms with E-state index >= 15 is 0 Å². The Morgan fingerprint density at radius 2 is 2.30 bits per heavy atom. The van der Waals surface area contributed by atoms with Crippen molar-refractivity contribution in [3.63, 3.8) is 0 Å². The van der Waals surface area contributed by atoms with Crippen LogP contribution in [0.1, 0.15) is 12.6 Å². The van der Waals surface area contributed by atoms with E-state index in [2.05, 4.69) is 74.1 Å². The smallest absolute Gasteiger partial charge is 0.193 e. The molecule has 0 aliphatic carbocycles. The molecule has 6 nitrogen and oxygen atoms in total. The molecule has 0 saturated heterocycles. The Balaban J connectivity index is 1.85. The monoisotopic (exact) mass is 380 g/mol. The first kappa shape index (κ1) is 17.6. The molecule has 2 rings (SSSR count). The highest BCUT2D eigenvalue weighted by molar-refractivity contribution is 9.10. The van der Waals surface area contributed by atoms with E-state index in [1.54, 1.807) is 0 Å². The number of nitrogens with one attached hydrogen (secondary N) is 1. The third-order valence-electron chi connectivity index (χ3n) is 3.71. The van der Waals surface area contributed by atoms with E-state index in [0.29, 0.717) is 5.92 Å². The van der Waals surface area contributed by atoms with Crippen molar-refractivity contribution in [1.29, 1.82) is 0 Å². The minimum Gasteiger partial charge on any atom is -0.356 e. The zero-order valence-corrected chi connectivity index (χ0v) is 15.8. The molecule has 2 aromatic heterocycles. The number of hydrogen-bond donors (Lipinski definition) is 1. The lowest BCUT2D eigenvalue weighted by atomic mass is 10.2. The maximum Gasteiger partial charge on any atom is 0.193 e. The SMILES string of the molecule is CN=C(NCC(C)Cn1cccn1)N(C)Cc1cc(Br)cn1C. The molecule has 0 radical (unpaired) electrons. The van der Waals surface area contributed by atoms with Gasteiger partial charge in [0.2, 0.25) is 0 Å². The first-order chi connectivity index (χ1) is 11.0. The molecule has 2 aromatic rings. The van der Waals surface area contributed by atoms with Crippen molar-refractivity contribution in [2.24, 2.45) is 18.0 Å². The highest BCUT2D eigenvalue weighted by atomic mass is 79.9. The van der Waals surface area contributed by atoms with Gasteiger partial charge in [0.15, 0.2) is 5.96 Å². The number of aromatic nitrogens is 3. The summed E-state index contributed by atoms with van der Waals surface area (Å²) in [5.41, 5.74) is 1.23. The average Bonchev–Trinajstić information content (AvgIpc) is 3.10. The Bertz CT molecular complexity index is 631. The van der Waals surface area contributed by atoms with E-state index in [9.17, 15) is 0 Å². The zero-order valence-electron chi connectivity index (χ0n) is 14.2. The average molecular weight is 381 g/mol. The molecule has 1 unspecified atom stereocenters. The van der Waals surface area contributed by atoms with Gasteiger partial charge in [-0.15, -0.1) is 0 Å². The minimum atomic E-state index is 0.462. The number of aliphatic imine (C=N–C) groups is 1. The number of nitrogens with zero attached hydrogens (tertiary/aromatic N) is 5. The van der Waals surface area contributed by atoms with E-state index < -0.39 is 0 Å². The van der Waals surface area contributed by atoms with Crippen molar-refractivity contribution in [2.75, 3.05) is 20.6 Å². The molecule has 0 aliphatic rings. The summed E-state index contributed by atoms with van der Waals surface area (Å²) in [6, 6.07) is 4.08. The summed E-state index contributed by atoms with van der Waals surface area (Å²) >= 11 is 3.51. The van der Waals surface area contributed by atoms with E-state index in [1.165, 1.54) is 5.69 Å². The van der Waals surface area contributed by atoms with E-state index in [0.717, 1.165) is 30.1 Å². The molecule has 0 amide bonds. The summed E-state index contributed by atoms with van der Waals surface area (Å²) < 4.78 is 5.17. The van der Waals surface area contributed by atoms with Crippen molar-refractivity contribution in [1.82, 2.24) is 24.6 Å². The third-order valence-corrected chi connectivity index (χ3v) is 4.15. The molecule has 0 aromatic carbocycles. The van der Waals surface area contributed by atoms with Crippen LogP contribution in [0.4, 0.5) is 0 Å². The molecule has 1 atom stereocenters. The van der Waals surface area contributed by atoms with Crippen LogP contribution in [0.25, 0.3) is 0 Å². The standard InChI is InChI=1S/C16H25BrN6/c1-13(10-23-7-5-6-20-23)9-19-16(18-2)22(4)12-15-8-14(17)11-21(15)3/h5-8,11,13H,9-10,12H2,1-4H3,(H,18,19). The molecule has 0 fully saturated rings. The Morgan fingerprint density at radius 3 is 2.87 bits per heavy atom. The fourth-order valence-corrected chi connectivity index (χ4v) is 3.06. The molecule has 0 aliphatic heterocycles. The summed E-state index contributed by atoms with van der Waals surface area (Å²) in [4.78, 5) is 6.51. The Hall–Kier alpha value is -1.76. The molecule has 0 saturated carbocycles. The van der Waals surface area contributed by atoms with Gasteiger partial charge in [-0.25, -0.2) is 0 Å². The molecular weight excluding hydrogens is 356 g/mol. The molecule has 2 heterocycles. The van der Waals surface area contributed by atoms with Gasteiger partial charge in [0.1, 0.15) is 0 Å². The Labute approximate surface area is 146 Å². The number of aryl methyl sites for hydroxylation is 1. The first-order valence-corrected chi connectivity index (χ1v) is 8.49. The van der Waals surface area contributed by atoms with E-state index in [4.69, 9.17) is 0 Å². The lowest BCUT2D eigenvalue weighted by Crippen LogP contribution is -2.41. The number of guanidine groups is 1. The topological polar surface area (TPSA) is 50.4 Å². The maximum absolute atomic E-state index is 4.38. The van der Waals surface area contributed by atoms with Crippen LogP contribution in [0.15, 0.2) is 40.2 Å². The van der Waals surface area contributed by atoms with Crippen LogP contribution in [0.3, 0.4) is 0 Å². The first-order valence-electron chi connectivity index (χ1n) is 7.69. The largest absolute Gasteiger partial charge is 0.356 e. The normalized spacial score (nSPS) is 13.2. The molecule has 126 valence electrons. The lowest BCUT2D eigenvalue weighted by molar-refractivity contribution is 0.419. The van der Waals surface area contributed by atoms with Gasteiger partial charge in [0.05, 0.1) is 6.54 Å². The fourth-order valence-electron chi connectivity index (χ4n) is 2.48. The van der Waals surface area contributed by atoms with Gasteiger partial charge < -0.3 is 14.8 Å². The number of rotatable bonds is 6. The summed E-state index contributed by atoms with van der Waals surface area (Å²) in [6.07, 6.45) is 5.86. The highest BCUT2D eigenvalue weighted by Gasteiger charge is 2.11. The van der Waals surface area contributed by atoms with Crippen LogP contribution in [0.2, 0.25) is 0 Å². The van der Waals surface area contributed by atoms with Crippen molar-refractivity contribution in [3.8, 4) is 0 Å². The molecular formula is C16H25BrN6. The van der Waals surface area contributed by atoms with Gasteiger partial charge in [-0.1, -0.05) is 6.92 Å².